The monoisotopic (exact) mass is 346 g/mol. The van der Waals surface area contributed by atoms with Gasteiger partial charge < -0.3 is 5.73 Å². The second-order valence-corrected chi connectivity index (χ2v) is 6.83. The Bertz CT molecular complexity index is 766. The van der Waals surface area contributed by atoms with E-state index in [1.54, 1.807) is 19.9 Å². The number of hydrogen-bond donors (Lipinski definition) is 2. The summed E-state index contributed by atoms with van der Waals surface area (Å²) in [6.07, 6.45) is 0. The van der Waals surface area contributed by atoms with Crippen LogP contribution in [0.4, 0.5) is 11.6 Å². The summed E-state index contributed by atoms with van der Waals surface area (Å²) in [6.45, 7) is 3.46. The van der Waals surface area contributed by atoms with Gasteiger partial charge in [-0.25, -0.2) is 23.1 Å². The number of anilines is 2. The third-order valence-electron chi connectivity index (χ3n) is 2.50. The topological polar surface area (TPSA) is 98.0 Å². The fraction of sp³-hybridized carbons (Fsp3) is 0.167. The number of nitrogens with two attached hydrogens (primary N) is 1. The Morgan fingerprint density at radius 1 is 1.05 bits per heavy atom. The molecular formula is C12H12Cl2N4O2S. The minimum absolute atomic E-state index is 0.0449. The van der Waals surface area contributed by atoms with Crippen LogP contribution in [0.5, 0.6) is 0 Å². The molecule has 1 heterocycles. The van der Waals surface area contributed by atoms with Gasteiger partial charge >= 0.3 is 0 Å². The maximum absolute atomic E-state index is 12.4. The van der Waals surface area contributed by atoms with Crippen molar-refractivity contribution in [1.29, 1.82) is 0 Å². The zero-order valence-corrected chi connectivity index (χ0v) is 13.5. The first-order chi connectivity index (χ1) is 9.69. The smallest absolute Gasteiger partial charge is 0.267 e. The van der Waals surface area contributed by atoms with Crippen LogP contribution in [-0.4, -0.2) is 18.4 Å². The highest BCUT2D eigenvalue weighted by Gasteiger charge is 2.23. The van der Waals surface area contributed by atoms with Gasteiger partial charge in [0.1, 0.15) is 4.90 Å². The van der Waals surface area contributed by atoms with Crippen LogP contribution in [0.3, 0.4) is 0 Å². The van der Waals surface area contributed by atoms with Crippen molar-refractivity contribution < 1.29 is 8.42 Å². The lowest BCUT2D eigenvalue weighted by atomic mass is 10.3. The predicted octanol–water partition coefficient (Wildman–Crippen LogP) is 2.78. The van der Waals surface area contributed by atoms with Crippen molar-refractivity contribution in [3.8, 4) is 0 Å². The average Bonchev–Trinajstić information content (AvgIpc) is 2.23. The zero-order chi connectivity index (χ0) is 15.8. The van der Waals surface area contributed by atoms with Crippen molar-refractivity contribution >= 4 is 44.9 Å². The van der Waals surface area contributed by atoms with Gasteiger partial charge in [-0.1, -0.05) is 23.2 Å². The molecule has 3 N–H and O–H groups in total. The summed E-state index contributed by atoms with van der Waals surface area (Å²) in [7, 11) is -4.02. The van der Waals surface area contributed by atoms with Crippen LogP contribution < -0.4 is 10.5 Å². The first-order valence-corrected chi connectivity index (χ1v) is 8.02. The summed E-state index contributed by atoms with van der Waals surface area (Å²) in [5, 5.41) is -0.145. The lowest BCUT2D eigenvalue weighted by molar-refractivity contribution is 0.601. The van der Waals surface area contributed by atoms with Crippen LogP contribution in [0.2, 0.25) is 10.0 Å². The van der Waals surface area contributed by atoms with Crippen LogP contribution in [0, 0.1) is 13.8 Å². The minimum atomic E-state index is -4.02. The molecule has 9 heteroatoms. The SMILES string of the molecule is Cc1cc(C)nc(NS(=O)(=O)c2c(Cl)cc(N)cc2Cl)n1. The Kier molecular flexibility index (Phi) is 4.27. The maximum Gasteiger partial charge on any atom is 0.267 e. The van der Waals surface area contributed by atoms with E-state index in [1.807, 2.05) is 0 Å². The molecule has 6 nitrogen and oxygen atoms in total. The first-order valence-electron chi connectivity index (χ1n) is 5.78. The molecular weight excluding hydrogens is 335 g/mol. The second kappa shape index (κ2) is 5.67. The van der Waals surface area contributed by atoms with Crippen LogP contribution in [-0.2, 0) is 10.0 Å². The largest absolute Gasteiger partial charge is 0.399 e. The number of aryl methyl sites for hydroxylation is 2. The van der Waals surface area contributed by atoms with Gasteiger partial charge in [-0.15, -0.1) is 0 Å². The Morgan fingerprint density at radius 2 is 1.52 bits per heavy atom. The van der Waals surface area contributed by atoms with E-state index in [4.69, 9.17) is 28.9 Å². The number of nitrogens with one attached hydrogen (secondary N) is 1. The molecule has 112 valence electrons. The van der Waals surface area contributed by atoms with Crippen molar-refractivity contribution in [2.24, 2.45) is 0 Å². The van der Waals surface area contributed by atoms with Crippen molar-refractivity contribution in [2.75, 3.05) is 10.5 Å². The molecule has 0 amide bonds. The standard InChI is InChI=1S/C12H12Cl2N4O2S/c1-6-3-7(2)17-12(16-6)18-21(19,20)11-9(13)4-8(15)5-10(11)14/h3-5H,15H2,1-2H3,(H,16,17,18). The summed E-state index contributed by atoms with van der Waals surface area (Å²) in [5.41, 5.74) is 7.09. The Balaban J connectivity index is 2.48. The Hall–Kier alpha value is -1.57. The molecule has 0 bridgehead atoms. The van der Waals surface area contributed by atoms with Crippen molar-refractivity contribution in [3.05, 3.63) is 39.6 Å². The van der Waals surface area contributed by atoms with Gasteiger partial charge in [0, 0.05) is 17.1 Å². The van der Waals surface area contributed by atoms with Crippen LogP contribution in [0.15, 0.2) is 23.1 Å². The van der Waals surface area contributed by atoms with Crippen molar-refractivity contribution in [1.82, 2.24) is 9.97 Å². The molecule has 2 aromatic rings. The van der Waals surface area contributed by atoms with Gasteiger partial charge in [0.15, 0.2) is 0 Å². The van der Waals surface area contributed by atoms with Gasteiger partial charge in [-0.2, -0.15) is 0 Å². The molecule has 2 rings (SSSR count). The first kappa shape index (κ1) is 15.8. The quantitative estimate of drug-likeness (QED) is 0.832. The molecule has 0 aliphatic heterocycles. The number of nitrogens with zero attached hydrogens (tertiary/aromatic N) is 2. The highest BCUT2D eigenvalue weighted by molar-refractivity contribution is 7.93. The van der Waals surface area contributed by atoms with E-state index in [9.17, 15) is 8.42 Å². The molecule has 0 radical (unpaired) electrons. The normalized spacial score (nSPS) is 11.4. The van der Waals surface area contributed by atoms with Gasteiger partial charge in [-0.3, -0.25) is 0 Å². The highest BCUT2D eigenvalue weighted by atomic mass is 35.5. The summed E-state index contributed by atoms with van der Waals surface area (Å²) >= 11 is 11.8. The molecule has 0 fully saturated rings. The van der Waals surface area contributed by atoms with Gasteiger partial charge in [0.25, 0.3) is 10.0 Å². The Labute approximate surface area is 132 Å². The summed E-state index contributed by atoms with van der Waals surface area (Å²) < 4.78 is 27.0. The number of rotatable bonds is 3. The summed E-state index contributed by atoms with van der Waals surface area (Å²) in [4.78, 5) is 7.76. The number of benzene rings is 1. The van der Waals surface area contributed by atoms with Crippen LogP contribution in [0.1, 0.15) is 11.4 Å². The van der Waals surface area contributed by atoms with E-state index in [0.717, 1.165) is 0 Å². The van der Waals surface area contributed by atoms with E-state index in [2.05, 4.69) is 14.7 Å². The molecule has 0 aliphatic rings. The molecule has 1 aromatic carbocycles. The lowest BCUT2D eigenvalue weighted by Crippen LogP contribution is -2.16. The van der Waals surface area contributed by atoms with E-state index in [-0.39, 0.29) is 26.6 Å². The second-order valence-electron chi connectivity index (χ2n) is 4.39. The fourth-order valence-corrected chi connectivity index (χ4v) is 3.96. The summed E-state index contributed by atoms with van der Waals surface area (Å²) in [6, 6.07) is 4.34. The average molecular weight is 347 g/mol. The number of nitrogen functional groups attached to an aromatic ring is 1. The van der Waals surface area contributed by atoms with Gasteiger partial charge in [-0.05, 0) is 32.0 Å². The minimum Gasteiger partial charge on any atom is -0.399 e. The van der Waals surface area contributed by atoms with E-state index >= 15 is 0 Å². The predicted molar refractivity (Wildman–Crippen MR) is 83.2 cm³/mol. The highest BCUT2D eigenvalue weighted by Crippen LogP contribution is 2.32. The van der Waals surface area contributed by atoms with Gasteiger partial charge in [0.2, 0.25) is 5.95 Å². The molecule has 0 saturated carbocycles. The maximum atomic E-state index is 12.4. The number of hydrogen-bond acceptors (Lipinski definition) is 5. The third-order valence-corrected chi connectivity index (χ3v) is 4.75. The molecule has 21 heavy (non-hydrogen) atoms. The molecule has 0 spiro atoms. The molecule has 0 atom stereocenters. The van der Waals surface area contributed by atoms with Crippen molar-refractivity contribution in [3.63, 3.8) is 0 Å². The Morgan fingerprint density at radius 3 is 2.00 bits per heavy atom. The fourth-order valence-electron chi connectivity index (χ4n) is 1.78. The lowest BCUT2D eigenvalue weighted by Gasteiger charge is -2.11. The van der Waals surface area contributed by atoms with E-state index < -0.39 is 10.0 Å². The zero-order valence-electron chi connectivity index (χ0n) is 11.2. The van der Waals surface area contributed by atoms with Crippen LogP contribution in [0.25, 0.3) is 0 Å². The van der Waals surface area contributed by atoms with Gasteiger partial charge in [0.05, 0.1) is 10.0 Å². The van der Waals surface area contributed by atoms with Crippen LogP contribution >= 0.6 is 23.2 Å². The van der Waals surface area contributed by atoms with E-state index in [1.165, 1.54) is 12.1 Å². The number of aromatic nitrogens is 2. The molecule has 0 aliphatic carbocycles. The summed E-state index contributed by atoms with van der Waals surface area (Å²) in [5.74, 6) is -0.0449. The third kappa shape index (κ3) is 3.55. The molecule has 1 aromatic heterocycles. The number of sulfonamides is 1. The van der Waals surface area contributed by atoms with Crippen molar-refractivity contribution in [2.45, 2.75) is 18.7 Å². The molecule has 0 unspecified atom stereocenters. The van der Waals surface area contributed by atoms with E-state index in [0.29, 0.717) is 11.4 Å². The number of halogens is 2. The molecule has 0 saturated heterocycles.